The van der Waals surface area contributed by atoms with Crippen molar-refractivity contribution in [1.29, 1.82) is 0 Å². The Balaban J connectivity index is 0.00000256. The van der Waals surface area contributed by atoms with Crippen LogP contribution in [0.15, 0.2) is 29.3 Å². The Bertz CT molecular complexity index is 865. The minimum atomic E-state index is 0. The molecule has 2 aliphatic rings. The zero-order valence-corrected chi connectivity index (χ0v) is 20.6. The minimum Gasteiger partial charge on any atom is -0.377 e. The Morgan fingerprint density at radius 1 is 1.33 bits per heavy atom. The molecule has 4 rings (SSSR count). The molecule has 7 nitrogen and oxygen atoms in total. The number of fused-ring (bicyclic) bond motifs is 1. The molecule has 1 aromatic heterocycles. The van der Waals surface area contributed by atoms with Crippen molar-refractivity contribution in [2.24, 2.45) is 4.99 Å². The number of aliphatic imine (C=N–C) groups is 1. The molecule has 30 heavy (non-hydrogen) atoms. The second kappa shape index (κ2) is 10.3. The average Bonchev–Trinajstić information content (AvgIpc) is 3.09. The van der Waals surface area contributed by atoms with Gasteiger partial charge in [0, 0.05) is 43.6 Å². The molecule has 0 bridgehead atoms. The first-order valence-electron chi connectivity index (χ1n) is 10.3. The van der Waals surface area contributed by atoms with Crippen molar-refractivity contribution < 1.29 is 4.74 Å². The van der Waals surface area contributed by atoms with E-state index in [9.17, 15) is 0 Å². The largest absolute Gasteiger partial charge is 0.377 e. The first kappa shape index (κ1) is 23.3. The lowest BCUT2D eigenvalue weighted by Gasteiger charge is -2.43. The quantitative estimate of drug-likeness (QED) is 0.332. The van der Waals surface area contributed by atoms with Crippen LogP contribution in [0.1, 0.15) is 42.9 Å². The van der Waals surface area contributed by atoms with Crippen molar-refractivity contribution >= 4 is 41.5 Å². The van der Waals surface area contributed by atoms with Crippen LogP contribution in [-0.2, 0) is 29.7 Å². The molecular formula is C21H30ClIN6O. The number of nitrogens with one attached hydrogen (secondary N) is 2. The van der Waals surface area contributed by atoms with Crippen molar-refractivity contribution in [3.63, 3.8) is 0 Å². The van der Waals surface area contributed by atoms with E-state index >= 15 is 0 Å². The van der Waals surface area contributed by atoms with Gasteiger partial charge in [-0.15, -0.1) is 24.0 Å². The van der Waals surface area contributed by atoms with Gasteiger partial charge in [0.2, 0.25) is 0 Å². The fraction of sp³-hybridized carbons (Fsp3) is 0.571. The molecule has 0 spiro atoms. The normalized spacial score (nSPS) is 20.0. The highest BCUT2D eigenvalue weighted by Gasteiger charge is 2.38. The van der Waals surface area contributed by atoms with Crippen LogP contribution in [0.25, 0.3) is 0 Å². The third-order valence-corrected chi connectivity index (χ3v) is 6.35. The molecule has 2 aromatic rings. The summed E-state index contributed by atoms with van der Waals surface area (Å²) in [6, 6.07) is 8.56. The summed E-state index contributed by atoms with van der Waals surface area (Å²) in [5, 5.41) is 12.5. The second-order valence-electron chi connectivity index (χ2n) is 8.01. The van der Waals surface area contributed by atoms with Crippen LogP contribution >= 0.6 is 35.6 Å². The summed E-state index contributed by atoms with van der Waals surface area (Å²) in [5.41, 5.74) is 1.52. The van der Waals surface area contributed by atoms with Gasteiger partial charge in [-0.1, -0.05) is 30.2 Å². The van der Waals surface area contributed by atoms with Crippen LogP contribution in [0.3, 0.4) is 0 Å². The van der Waals surface area contributed by atoms with Crippen LogP contribution in [-0.4, -0.2) is 47.5 Å². The number of benzene rings is 1. The van der Waals surface area contributed by atoms with E-state index in [0.29, 0.717) is 6.61 Å². The van der Waals surface area contributed by atoms with Gasteiger partial charge in [0.25, 0.3) is 0 Å². The van der Waals surface area contributed by atoms with Crippen LogP contribution in [0.5, 0.6) is 0 Å². The number of rotatable bonds is 6. The smallest absolute Gasteiger partial charge is 0.191 e. The van der Waals surface area contributed by atoms with Crippen molar-refractivity contribution in [2.45, 2.75) is 56.7 Å². The van der Waals surface area contributed by atoms with Crippen molar-refractivity contribution in [1.82, 2.24) is 25.4 Å². The summed E-state index contributed by atoms with van der Waals surface area (Å²) in [4.78, 5) is 9.00. The summed E-state index contributed by atoms with van der Waals surface area (Å²) in [6.45, 7) is 2.11. The molecule has 1 saturated carbocycles. The maximum atomic E-state index is 6.07. The van der Waals surface area contributed by atoms with E-state index in [0.717, 1.165) is 48.6 Å². The van der Waals surface area contributed by atoms with Gasteiger partial charge >= 0.3 is 0 Å². The van der Waals surface area contributed by atoms with E-state index in [2.05, 4.69) is 37.8 Å². The third kappa shape index (κ3) is 5.08. The Hall–Kier alpha value is -1.39. The summed E-state index contributed by atoms with van der Waals surface area (Å²) in [5.74, 6) is 2.63. The standard InChI is InChI=1S/C21H29ClN6O.HI/c1-23-20(24-14-21(10-3-11-21)15-4-6-16(22)7-5-15)25-17-8-9-19-26-18(13-29-2)27-28(19)12-17;/h4-7,17H,3,8-14H2,1-2H3,(H2,23,24,25);1H. The van der Waals surface area contributed by atoms with Crippen LogP contribution in [0.4, 0.5) is 0 Å². The fourth-order valence-electron chi connectivity index (χ4n) is 4.28. The van der Waals surface area contributed by atoms with E-state index in [1.54, 1.807) is 7.11 Å². The summed E-state index contributed by atoms with van der Waals surface area (Å²) in [6.07, 6.45) is 5.55. The highest BCUT2D eigenvalue weighted by Crippen LogP contribution is 2.43. The number of ether oxygens (including phenoxy) is 1. The molecule has 0 radical (unpaired) electrons. The Morgan fingerprint density at radius 2 is 2.10 bits per heavy atom. The van der Waals surface area contributed by atoms with E-state index in [1.807, 2.05) is 23.9 Å². The molecule has 0 amide bonds. The molecule has 1 atom stereocenters. The molecular weight excluding hydrogens is 515 g/mol. The molecule has 9 heteroatoms. The fourth-order valence-corrected chi connectivity index (χ4v) is 4.41. The van der Waals surface area contributed by atoms with Crippen LogP contribution < -0.4 is 10.6 Å². The predicted octanol–water partition coefficient (Wildman–Crippen LogP) is 3.30. The monoisotopic (exact) mass is 544 g/mol. The first-order valence-corrected chi connectivity index (χ1v) is 10.6. The topological polar surface area (TPSA) is 76.4 Å². The van der Waals surface area contributed by atoms with Gasteiger partial charge in [-0.05, 0) is 37.0 Å². The maximum absolute atomic E-state index is 6.07. The molecule has 1 aromatic carbocycles. The van der Waals surface area contributed by atoms with E-state index in [-0.39, 0.29) is 35.4 Å². The van der Waals surface area contributed by atoms with Gasteiger partial charge in [-0.25, -0.2) is 9.67 Å². The number of halogens is 2. The number of hydrogen-bond acceptors (Lipinski definition) is 4. The van der Waals surface area contributed by atoms with Gasteiger partial charge in [-0.2, -0.15) is 5.10 Å². The average molecular weight is 545 g/mol. The molecule has 1 fully saturated rings. The Morgan fingerprint density at radius 3 is 2.73 bits per heavy atom. The van der Waals surface area contributed by atoms with Gasteiger partial charge in [0.1, 0.15) is 12.4 Å². The minimum absolute atomic E-state index is 0. The number of methoxy groups -OCH3 is 1. The van der Waals surface area contributed by atoms with Crippen molar-refractivity contribution in [3.05, 3.63) is 46.5 Å². The SMILES string of the molecule is CN=C(NCC1(c2ccc(Cl)cc2)CCC1)NC1CCc2nc(COC)nn2C1.I. The van der Waals surface area contributed by atoms with Gasteiger partial charge in [0.05, 0.1) is 6.54 Å². The predicted molar refractivity (Wildman–Crippen MR) is 130 cm³/mol. The molecule has 2 heterocycles. The second-order valence-corrected chi connectivity index (χ2v) is 8.44. The van der Waals surface area contributed by atoms with Crippen LogP contribution in [0.2, 0.25) is 5.02 Å². The lowest BCUT2D eigenvalue weighted by Crippen LogP contribution is -2.52. The number of aromatic nitrogens is 3. The van der Waals surface area contributed by atoms with Crippen molar-refractivity contribution in [2.75, 3.05) is 20.7 Å². The number of guanidine groups is 1. The Labute approximate surface area is 200 Å². The zero-order valence-electron chi connectivity index (χ0n) is 17.5. The summed E-state index contributed by atoms with van der Waals surface area (Å²) < 4.78 is 7.14. The highest BCUT2D eigenvalue weighted by molar-refractivity contribution is 14.0. The first-order chi connectivity index (χ1) is 14.1. The highest BCUT2D eigenvalue weighted by atomic mass is 127. The number of hydrogen-bond donors (Lipinski definition) is 2. The molecule has 1 aliphatic heterocycles. The molecule has 1 aliphatic carbocycles. The third-order valence-electron chi connectivity index (χ3n) is 6.10. The number of nitrogens with zero attached hydrogens (tertiary/aromatic N) is 4. The number of aryl methyl sites for hydroxylation is 1. The molecule has 2 N–H and O–H groups in total. The van der Waals surface area contributed by atoms with Gasteiger partial charge < -0.3 is 15.4 Å². The molecule has 1 unspecified atom stereocenters. The lowest BCUT2D eigenvalue weighted by atomic mass is 9.64. The van der Waals surface area contributed by atoms with E-state index in [4.69, 9.17) is 16.3 Å². The van der Waals surface area contributed by atoms with Crippen molar-refractivity contribution in [3.8, 4) is 0 Å². The van der Waals surface area contributed by atoms with E-state index < -0.39 is 0 Å². The lowest BCUT2D eigenvalue weighted by molar-refractivity contribution is 0.177. The van der Waals surface area contributed by atoms with Crippen LogP contribution in [0, 0.1) is 0 Å². The van der Waals surface area contributed by atoms with Gasteiger partial charge in [0.15, 0.2) is 11.8 Å². The summed E-state index contributed by atoms with van der Waals surface area (Å²) >= 11 is 6.07. The molecule has 164 valence electrons. The van der Waals surface area contributed by atoms with Gasteiger partial charge in [-0.3, -0.25) is 4.99 Å². The maximum Gasteiger partial charge on any atom is 0.191 e. The Kier molecular flexibility index (Phi) is 7.98. The van der Waals surface area contributed by atoms with E-state index in [1.165, 1.54) is 24.8 Å². The zero-order chi connectivity index (χ0) is 20.3. The summed E-state index contributed by atoms with van der Waals surface area (Å²) in [7, 11) is 3.49. The molecule has 0 saturated heterocycles.